The van der Waals surface area contributed by atoms with Crippen molar-refractivity contribution in [2.45, 2.75) is 45.8 Å². The Morgan fingerprint density at radius 1 is 1.29 bits per heavy atom. The second-order valence-corrected chi connectivity index (χ2v) is 4.22. The van der Waals surface area contributed by atoms with Crippen LogP contribution in [0.3, 0.4) is 0 Å². The monoisotopic (exact) mass is 246 g/mol. The molecule has 0 saturated carbocycles. The van der Waals surface area contributed by atoms with Crippen LogP contribution >= 0.6 is 0 Å². The number of amides is 2. The molecular formula is C11H22N2O4. The summed E-state index contributed by atoms with van der Waals surface area (Å²) in [7, 11) is 0. The summed E-state index contributed by atoms with van der Waals surface area (Å²) in [5.41, 5.74) is 0. The van der Waals surface area contributed by atoms with Crippen LogP contribution in [0.15, 0.2) is 0 Å². The highest BCUT2D eigenvalue weighted by atomic mass is 16.4. The van der Waals surface area contributed by atoms with Crippen molar-refractivity contribution in [3.05, 3.63) is 0 Å². The number of nitrogens with one attached hydrogen (secondary N) is 2. The molecule has 2 amide bonds. The van der Waals surface area contributed by atoms with Crippen molar-refractivity contribution in [2.24, 2.45) is 5.92 Å². The van der Waals surface area contributed by atoms with Crippen molar-refractivity contribution >= 4 is 12.0 Å². The van der Waals surface area contributed by atoms with Crippen LogP contribution in [0.1, 0.15) is 33.6 Å². The summed E-state index contributed by atoms with van der Waals surface area (Å²) in [6, 6.07) is -0.278. The van der Waals surface area contributed by atoms with Crippen LogP contribution in [-0.2, 0) is 4.79 Å². The van der Waals surface area contributed by atoms with Gasteiger partial charge < -0.3 is 20.8 Å². The average Bonchev–Trinajstić information content (AvgIpc) is 2.27. The molecular weight excluding hydrogens is 224 g/mol. The number of aliphatic carboxylic acids is 1. The number of carboxylic acids is 1. The van der Waals surface area contributed by atoms with Crippen LogP contribution in [0.4, 0.5) is 4.79 Å². The zero-order valence-corrected chi connectivity index (χ0v) is 10.6. The van der Waals surface area contributed by atoms with Crippen LogP contribution in [0, 0.1) is 5.92 Å². The minimum absolute atomic E-state index is 0.000462. The molecule has 3 atom stereocenters. The maximum absolute atomic E-state index is 11.4. The van der Waals surface area contributed by atoms with Gasteiger partial charge in [0.1, 0.15) is 0 Å². The van der Waals surface area contributed by atoms with E-state index in [4.69, 9.17) is 10.2 Å². The normalized spacial score (nSPS) is 15.8. The third-order valence-corrected chi connectivity index (χ3v) is 2.84. The Bertz CT molecular complexity index is 258. The molecule has 0 fully saturated rings. The van der Waals surface area contributed by atoms with Crippen molar-refractivity contribution in [2.75, 3.05) is 6.54 Å². The molecule has 0 aliphatic carbocycles. The SMILES string of the molecule is CCC(C)C(C)NC(=O)NCCC(O)C(=O)O. The molecule has 17 heavy (non-hydrogen) atoms. The highest BCUT2D eigenvalue weighted by Gasteiger charge is 2.15. The molecule has 0 aromatic carbocycles. The van der Waals surface area contributed by atoms with Crippen molar-refractivity contribution in [1.29, 1.82) is 0 Å². The minimum atomic E-state index is -1.43. The predicted molar refractivity (Wildman–Crippen MR) is 63.7 cm³/mol. The van der Waals surface area contributed by atoms with Gasteiger partial charge in [-0.15, -0.1) is 0 Å². The van der Waals surface area contributed by atoms with E-state index in [9.17, 15) is 9.59 Å². The van der Waals surface area contributed by atoms with Gasteiger partial charge in [-0.1, -0.05) is 20.3 Å². The third kappa shape index (κ3) is 6.78. The summed E-state index contributed by atoms with van der Waals surface area (Å²) in [6.07, 6.45) is -0.457. The Morgan fingerprint density at radius 2 is 1.88 bits per heavy atom. The molecule has 0 aromatic rings. The van der Waals surface area contributed by atoms with Crippen molar-refractivity contribution in [3.8, 4) is 0 Å². The minimum Gasteiger partial charge on any atom is -0.479 e. The standard InChI is InChI=1S/C11H22N2O4/c1-4-7(2)8(3)13-11(17)12-6-5-9(14)10(15)16/h7-9,14H,4-6H2,1-3H3,(H,15,16)(H2,12,13,17). The van der Waals surface area contributed by atoms with Crippen LogP contribution in [0.2, 0.25) is 0 Å². The van der Waals surface area contributed by atoms with Crippen molar-refractivity contribution in [1.82, 2.24) is 10.6 Å². The molecule has 0 bridgehead atoms. The molecule has 0 radical (unpaired) electrons. The number of aliphatic hydroxyl groups excluding tert-OH is 1. The highest BCUT2D eigenvalue weighted by Crippen LogP contribution is 2.05. The lowest BCUT2D eigenvalue weighted by Crippen LogP contribution is -2.44. The number of rotatable bonds is 7. The Balaban J connectivity index is 3.77. The quantitative estimate of drug-likeness (QED) is 0.527. The molecule has 4 N–H and O–H groups in total. The van der Waals surface area contributed by atoms with Crippen molar-refractivity contribution < 1.29 is 19.8 Å². The number of carbonyl (C=O) groups is 2. The summed E-state index contributed by atoms with van der Waals surface area (Å²) in [6.45, 7) is 6.13. The number of carboxylic acid groups (broad SMARTS) is 1. The second-order valence-electron chi connectivity index (χ2n) is 4.22. The smallest absolute Gasteiger partial charge is 0.332 e. The maximum Gasteiger partial charge on any atom is 0.332 e. The molecule has 0 spiro atoms. The zero-order chi connectivity index (χ0) is 13.4. The Labute approximate surface area is 101 Å². The van der Waals surface area contributed by atoms with E-state index in [1.54, 1.807) is 0 Å². The molecule has 0 aliphatic rings. The first-order valence-corrected chi connectivity index (χ1v) is 5.83. The van der Waals surface area contributed by atoms with E-state index in [-0.39, 0.29) is 25.0 Å². The molecule has 0 aliphatic heterocycles. The fraction of sp³-hybridized carbons (Fsp3) is 0.818. The lowest BCUT2D eigenvalue weighted by molar-refractivity contribution is -0.146. The van der Waals surface area contributed by atoms with E-state index in [0.717, 1.165) is 6.42 Å². The van der Waals surface area contributed by atoms with E-state index >= 15 is 0 Å². The topological polar surface area (TPSA) is 98.7 Å². The summed E-state index contributed by atoms with van der Waals surface area (Å²) in [5.74, 6) is -0.898. The summed E-state index contributed by atoms with van der Waals surface area (Å²) < 4.78 is 0. The molecule has 0 aromatic heterocycles. The molecule has 6 heteroatoms. The van der Waals surface area contributed by atoms with Gasteiger partial charge in [0.2, 0.25) is 0 Å². The maximum atomic E-state index is 11.4. The number of carbonyl (C=O) groups excluding carboxylic acids is 1. The molecule has 0 heterocycles. The predicted octanol–water partition coefficient (Wildman–Crippen LogP) is 0.556. The first-order valence-electron chi connectivity index (χ1n) is 5.83. The molecule has 0 saturated heterocycles. The van der Waals surface area contributed by atoms with E-state index < -0.39 is 12.1 Å². The Morgan fingerprint density at radius 3 is 2.35 bits per heavy atom. The summed E-state index contributed by atoms with van der Waals surface area (Å²) >= 11 is 0. The van der Waals surface area contributed by atoms with E-state index in [1.807, 2.05) is 20.8 Å². The molecule has 100 valence electrons. The number of aliphatic hydroxyl groups is 1. The van der Waals surface area contributed by atoms with Crippen LogP contribution in [-0.4, -0.2) is 40.9 Å². The average molecular weight is 246 g/mol. The lowest BCUT2D eigenvalue weighted by Gasteiger charge is -2.20. The van der Waals surface area contributed by atoms with Gasteiger partial charge in [0.05, 0.1) is 0 Å². The Hall–Kier alpha value is -1.30. The van der Waals surface area contributed by atoms with Crippen molar-refractivity contribution in [3.63, 3.8) is 0 Å². The molecule has 0 rings (SSSR count). The van der Waals surface area contributed by atoms with Gasteiger partial charge in [-0.25, -0.2) is 9.59 Å². The van der Waals surface area contributed by atoms with E-state index in [2.05, 4.69) is 10.6 Å². The van der Waals surface area contributed by atoms with Gasteiger partial charge in [0.15, 0.2) is 6.10 Å². The van der Waals surface area contributed by atoms with Crippen LogP contribution < -0.4 is 10.6 Å². The Kier molecular flexibility index (Phi) is 7.29. The van der Waals surface area contributed by atoms with Gasteiger partial charge in [0, 0.05) is 19.0 Å². The number of urea groups is 1. The molecule has 6 nitrogen and oxygen atoms in total. The fourth-order valence-corrected chi connectivity index (χ4v) is 1.20. The first-order chi connectivity index (χ1) is 7.88. The van der Waals surface area contributed by atoms with Crippen LogP contribution in [0.25, 0.3) is 0 Å². The van der Waals surface area contributed by atoms with Gasteiger partial charge in [-0.3, -0.25) is 0 Å². The summed E-state index contributed by atoms with van der Waals surface area (Å²) in [5, 5.41) is 22.7. The summed E-state index contributed by atoms with van der Waals surface area (Å²) in [4.78, 5) is 21.7. The van der Waals surface area contributed by atoms with E-state index in [1.165, 1.54) is 0 Å². The largest absolute Gasteiger partial charge is 0.479 e. The van der Waals surface area contributed by atoms with Gasteiger partial charge in [0.25, 0.3) is 0 Å². The van der Waals surface area contributed by atoms with Gasteiger partial charge in [-0.2, -0.15) is 0 Å². The van der Waals surface area contributed by atoms with Gasteiger partial charge >= 0.3 is 12.0 Å². The third-order valence-electron chi connectivity index (χ3n) is 2.84. The number of hydrogen-bond donors (Lipinski definition) is 4. The second kappa shape index (κ2) is 7.89. The highest BCUT2D eigenvalue weighted by molar-refractivity contribution is 5.74. The van der Waals surface area contributed by atoms with Gasteiger partial charge in [-0.05, 0) is 12.8 Å². The van der Waals surface area contributed by atoms with E-state index in [0.29, 0.717) is 5.92 Å². The lowest BCUT2D eigenvalue weighted by atomic mass is 10.0. The van der Waals surface area contributed by atoms with Crippen LogP contribution in [0.5, 0.6) is 0 Å². The molecule has 3 unspecified atom stereocenters. The zero-order valence-electron chi connectivity index (χ0n) is 10.6. The number of hydrogen-bond acceptors (Lipinski definition) is 3. The fourth-order valence-electron chi connectivity index (χ4n) is 1.20. The first kappa shape index (κ1) is 15.7.